The van der Waals surface area contributed by atoms with Gasteiger partial charge in [-0.25, -0.2) is 0 Å². The van der Waals surface area contributed by atoms with E-state index in [9.17, 15) is 36.2 Å². The molecule has 1 amide bonds. The summed E-state index contributed by atoms with van der Waals surface area (Å²) in [5.74, 6) is -1.43. The Kier molecular flexibility index (Phi) is 7.38. The lowest BCUT2D eigenvalue weighted by Gasteiger charge is -2.26. The highest BCUT2D eigenvalue weighted by Crippen LogP contribution is 2.41. The number of hydrogen-bond donors (Lipinski definition) is 1. The van der Waals surface area contributed by atoms with Crippen LogP contribution in [0.4, 0.5) is 26.3 Å². The maximum Gasteiger partial charge on any atom is 0.416 e. The van der Waals surface area contributed by atoms with E-state index in [0.29, 0.717) is 17.7 Å². The lowest BCUT2D eigenvalue weighted by molar-refractivity contribution is -0.143. The van der Waals surface area contributed by atoms with Crippen molar-refractivity contribution in [2.45, 2.75) is 31.4 Å². The first-order chi connectivity index (χ1) is 19.4. The van der Waals surface area contributed by atoms with Gasteiger partial charge in [-0.3, -0.25) is 4.79 Å². The second-order valence-electron chi connectivity index (χ2n) is 9.76. The molecule has 0 saturated carbocycles. The molecule has 4 aromatic carbocycles. The van der Waals surface area contributed by atoms with Gasteiger partial charge in [0.2, 0.25) is 0 Å². The summed E-state index contributed by atoms with van der Waals surface area (Å²) in [5.41, 5.74) is -1.06. The predicted octanol–water partition coefficient (Wildman–Crippen LogP) is 8.31. The molecule has 9 heteroatoms. The van der Waals surface area contributed by atoms with Crippen molar-refractivity contribution in [1.29, 1.82) is 0 Å². The Labute approximate surface area is 232 Å². The lowest BCUT2D eigenvalue weighted by atomic mass is 9.97. The molecule has 0 saturated heterocycles. The molecule has 0 aliphatic carbocycles. The van der Waals surface area contributed by atoms with Crippen LogP contribution in [-0.4, -0.2) is 22.0 Å². The third kappa shape index (κ3) is 5.99. The smallest absolute Gasteiger partial charge is 0.416 e. The van der Waals surface area contributed by atoms with Crippen LogP contribution >= 0.6 is 0 Å². The van der Waals surface area contributed by atoms with E-state index in [-0.39, 0.29) is 19.0 Å². The van der Waals surface area contributed by atoms with Gasteiger partial charge in [0.1, 0.15) is 5.76 Å². The zero-order valence-corrected chi connectivity index (χ0v) is 21.4. The Hall–Kier alpha value is -4.53. The molecular weight excluding hydrogens is 544 g/mol. The van der Waals surface area contributed by atoms with E-state index >= 15 is 0 Å². The molecule has 1 atom stereocenters. The first-order valence-electron chi connectivity index (χ1n) is 12.6. The van der Waals surface area contributed by atoms with Crippen molar-refractivity contribution in [1.82, 2.24) is 4.90 Å². The van der Waals surface area contributed by atoms with Gasteiger partial charge in [-0.1, -0.05) is 84.9 Å². The molecule has 210 valence electrons. The zero-order valence-electron chi connectivity index (χ0n) is 21.4. The molecular formula is C32H23F6NO2. The van der Waals surface area contributed by atoms with Crippen LogP contribution in [0.5, 0.6) is 0 Å². The summed E-state index contributed by atoms with van der Waals surface area (Å²) in [6.07, 6.45) is -10.1. The van der Waals surface area contributed by atoms with E-state index in [0.717, 1.165) is 16.7 Å². The van der Waals surface area contributed by atoms with Gasteiger partial charge in [-0.2, -0.15) is 26.3 Å². The maximum absolute atomic E-state index is 13.7. The van der Waals surface area contributed by atoms with Crippen LogP contribution in [0.15, 0.2) is 109 Å². The molecule has 1 aliphatic rings. The van der Waals surface area contributed by atoms with E-state index in [1.54, 1.807) is 42.5 Å². The van der Waals surface area contributed by atoms with Crippen molar-refractivity contribution in [2.75, 3.05) is 0 Å². The van der Waals surface area contributed by atoms with E-state index in [1.807, 2.05) is 42.5 Å². The van der Waals surface area contributed by atoms with Crippen LogP contribution in [0, 0.1) is 0 Å². The summed E-state index contributed by atoms with van der Waals surface area (Å²) < 4.78 is 81.4. The Morgan fingerprint density at radius 1 is 0.634 bits per heavy atom. The number of aliphatic hydroxyl groups is 1. The first kappa shape index (κ1) is 28.0. The number of carbonyl (C=O) groups excluding carboxylic acids is 1. The molecule has 1 aliphatic heterocycles. The maximum atomic E-state index is 13.7. The fourth-order valence-corrected chi connectivity index (χ4v) is 4.94. The molecule has 1 heterocycles. The van der Waals surface area contributed by atoms with Crippen molar-refractivity contribution >= 4 is 11.5 Å². The van der Waals surface area contributed by atoms with Gasteiger partial charge >= 0.3 is 12.4 Å². The predicted molar refractivity (Wildman–Crippen MR) is 142 cm³/mol. The number of aliphatic hydroxyl groups excluding tert-OH is 1. The van der Waals surface area contributed by atoms with Crippen LogP contribution in [0.25, 0.3) is 16.7 Å². The molecule has 0 unspecified atom stereocenters. The normalized spacial score (nSPS) is 16.0. The number of alkyl halides is 6. The Morgan fingerprint density at radius 3 is 1.68 bits per heavy atom. The van der Waals surface area contributed by atoms with Crippen LogP contribution in [0.2, 0.25) is 0 Å². The van der Waals surface area contributed by atoms with Gasteiger partial charge in [0.15, 0.2) is 0 Å². The van der Waals surface area contributed by atoms with Crippen molar-refractivity contribution in [3.05, 3.63) is 137 Å². The van der Waals surface area contributed by atoms with Gasteiger partial charge in [-0.05, 0) is 46.0 Å². The van der Waals surface area contributed by atoms with E-state index in [1.165, 1.54) is 4.90 Å². The summed E-state index contributed by atoms with van der Waals surface area (Å²) in [6, 6.07) is 25.6. The summed E-state index contributed by atoms with van der Waals surface area (Å²) in [5, 5.41) is 11.2. The monoisotopic (exact) mass is 567 g/mol. The molecule has 0 bridgehead atoms. The number of rotatable bonds is 6. The van der Waals surface area contributed by atoms with Crippen LogP contribution < -0.4 is 0 Å². The minimum absolute atomic E-state index is 0.00591. The minimum atomic E-state index is -5.10. The highest BCUT2D eigenvalue weighted by molar-refractivity contribution is 6.22. The zero-order chi connectivity index (χ0) is 29.4. The Morgan fingerprint density at radius 2 is 1.15 bits per heavy atom. The third-order valence-electron chi connectivity index (χ3n) is 6.98. The van der Waals surface area contributed by atoms with E-state index < -0.39 is 52.3 Å². The van der Waals surface area contributed by atoms with E-state index in [4.69, 9.17) is 0 Å². The van der Waals surface area contributed by atoms with Gasteiger partial charge in [0, 0.05) is 13.0 Å². The molecule has 1 N–H and O–H groups in total. The molecule has 41 heavy (non-hydrogen) atoms. The van der Waals surface area contributed by atoms with Gasteiger partial charge in [0.25, 0.3) is 5.91 Å². The third-order valence-corrected chi connectivity index (χ3v) is 6.98. The second-order valence-corrected chi connectivity index (χ2v) is 9.76. The molecule has 3 nitrogen and oxygen atoms in total. The molecule has 0 spiro atoms. The van der Waals surface area contributed by atoms with E-state index in [2.05, 4.69) is 0 Å². The van der Waals surface area contributed by atoms with Crippen molar-refractivity contribution in [3.63, 3.8) is 0 Å². The summed E-state index contributed by atoms with van der Waals surface area (Å²) in [6.45, 7) is -0.0238. The average Bonchev–Trinajstić information content (AvgIpc) is 3.17. The number of amides is 1. The molecule has 5 rings (SSSR count). The van der Waals surface area contributed by atoms with Gasteiger partial charge < -0.3 is 10.0 Å². The highest BCUT2D eigenvalue weighted by atomic mass is 19.4. The van der Waals surface area contributed by atoms with Crippen LogP contribution in [-0.2, 0) is 30.1 Å². The van der Waals surface area contributed by atoms with Gasteiger partial charge in [0.05, 0.1) is 22.7 Å². The SMILES string of the molecule is O=C1C(c2cc(C(F)(F)F)cc(C(F)(F)F)c2)=C(O)[C@@H](Cc2ccccc2)N1Cc1ccc(-c2ccccc2)cc1. The number of nitrogens with zero attached hydrogens (tertiary/aromatic N) is 1. The van der Waals surface area contributed by atoms with Crippen molar-refractivity contribution < 1.29 is 36.2 Å². The summed E-state index contributed by atoms with van der Waals surface area (Å²) in [4.78, 5) is 15.0. The molecule has 4 aromatic rings. The second kappa shape index (κ2) is 10.8. The number of benzene rings is 4. The largest absolute Gasteiger partial charge is 0.509 e. The summed E-state index contributed by atoms with van der Waals surface area (Å²) >= 11 is 0. The van der Waals surface area contributed by atoms with Crippen LogP contribution in [0.1, 0.15) is 27.8 Å². The fraction of sp³-hybridized carbons (Fsp3) is 0.156. The lowest BCUT2D eigenvalue weighted by Crippen LogP contribution is -2.36. The Balaban J connectivity index is 1.55. The number of hydrogen-bond acceptors (Lipinski definition) is 2. The van der Waals surface area contributed by atoms with Crippen molar-refractivity contribution in [3.8, 4) is 11.1 Å². The van der Waals surface area contributed by atoms with Crippen LogP contribution in [0.3, 0.4) is 0 Å². The minimum Gasteiger partial charge on any atom is -0.509 e. The number of carbonyl (C=O) groups is 1. The standard InChI is InChI=1S/C32H23F6NO2/c33-31(34,35)25-16-24(17-26(18-25)32(36,37)38)28-29(40)27(15-20-7-3-1-4-8-20)39(30(28)41)19-21-11-13-23(14-12-21)22-9-5-2-6-10-22/h1-14,16-18,27,40H,15,19H2/t27-/m1/s1. The highest BCUT2D eigenvalue weighted by Gasteiger charge is 2.43. The average molecular weight is 568 g/mol. The topological polar surface area (TPSA) is 40.5 Å². The number of halogens is 6. The molecule has 0 radical (unpaired) electrons. The quantitative estimate of drug-likeness (QED) is 0.238. The summed E-state index contributed by atoms with van der Waals surface area (Å²) in [7, 11) is 0. The fourth-order valence-electron chi connectivity index (χ4n) is 4.94. The molecule has 0 fully saturated rings. The Bertz CT molecular complexity index is 1540. The first-order valence-corrected chi connectivity index (χ1v) is 12.6. The molecule has 0 aromatic heterocycles. The van der Waals surface area contributed by atoms with Crippen molar-refractivity contribution in [2.24, 2.45) is 0 Å². The van der Waals surface area contributed by atoms with Gasteiger partial charge in [-0.15, -0.1) is 0 Å².